The number of benzene rings is 2. The first kappa shape index (κ1) is 17.6. The lowest BCUT2D eigenvalue weighted by Crippen LogP contribution is -2.04. The Morgan fingerprint density at radius 1 is 1.08 bits per heavy atom. The first-order valence-electron chi connectivity index (χ1n) is 7.09. The molecule has 0 aliphatic rings. The van der Waals surface area contributed by atoms with Gasteiger partial charge in [-0.25, -0.2) is 8.42 Å². The molecule has 2 aromatic carbocycles. The molecular formula is C18H17NO4S. The van der Waals surface area contributed by atoms with E-state index in [2.05, 4.69) is 0 Å². The van der Waals surface area contributed by atoms with Crippen LogP contribution in [0.1, 0.15) is 11.1 Å². The van der Waals surface area contributed by atoms with E-state index >= 15 is 0 Å². The van der Waals surface area contributed by atoms with Gasteiger partial charge in [-0.2, -0.15) is 5.26 Å². The van der Waals surface area contributed by atoms with Gasteiger partial charge < -0.3 is 9.47 Å². The van der Waals surface area contributed by atoms with Crippen LogP contribution in [0.3, 0.4) is 0 Å². The van der Waals surface area contributed by atoms with E-state index < -0.39 is 9.84 Å². The third kappa shape index (κ3) is 3.26. The highest BCUT2D eigenvalue weighted by Crippen LogP contribution is 2.33. The fourth-order valence-corrected chi connectivity index (χ4v) is 3.51. The minimum atomic E-state index is -3.89. The molecule has 0 heterocycles. The maximum absolute atomic E-state index is 12.6. The second-order valence-corrected chi connectivity index (χ2v) is 6.87. The molecule has 0 aromatic heterocycles. The van der Waals surface area contributed by atoms with Crippen molar-refractivity contribution in [1.82, 2.24) is 0 Å². The maximum atomic E-state index is 12.6. The number of methoxy groups -OCH3 is 2. The van der Waals surface area contributed by atoms with Crippen molar-refractivity contribution >= 4 is 15.9 Å². The number of rotatable bonds is 5. The maximum Gasteiger partial charge on any atom is 0.216 e. The van der Waals surface area contributed by atoms with Gasteiger partial charge in [-0.05, 0) is 37.3 Å². The lowest BCUT2D eigenvalue weighted by Gasteiger charge is -2.12. The van der Waals surface area contributed by atoms with Crippen LogP contribution in [-0.4, -0.2) is 22.6 Å². The number of sulfone groups is 1. The topological polar surface area (TPSA) is 76.4 Å². The van der Waals surface area contributed by atoms with Gasteiger partial charge in [0.15, 0.2) is 0 Å². The second-order valence-electron chi connectivity index (χ2n) is 4.95. The number of allylic oxidation sites excluding steroid dienone is 1. The van der Waals surface area contributed by atoms with Gasteiger partial charge in [0.2, 0.25) is 9.84 Å². The van der Waals surface area contributed by atoms with E-state index in [0.717, 1.165) is 5.56 Å². The molecule has 6 heteroatoms. The number of hydrogen-bond donors (Lipinski definition) is 0. The molecule has 0 saturated carbocycles. The van der Waals surface area contributed by atoms with Crippen LogP contribution in [-0.2, 0) is 9.84 Å². The summed E-state index contributed by atoms with van der Waals surface area (Å²) in [4.78, 5) is -0.279. The van der Waals surface area contributed by atoms with Crippen LogP contribution in [0.2, 0.25) is 0 Å². The average molecular weight is 343 g/mol. The molecule has 0 atom stereocenters. The van der Waals surface area contributed by atoms with E-state index in [9.17, 15) is 13.7 Å². The number of nitriles is 1. The predicted molar refractivity (Wildman–Crippen MR) is 91.5 cm³/mol. The van der Waals surface area contributed by atoms with Gasteiger partial charge >= 0.3 is 0 Å². The van der Waals surface area contributed by atoms with Crippen molar-refractivity contribution in [2.75, 3.05) is 14.2 Å². The summed E-state index contributed by atoms with van der Waals surface area (Å²) in [5, 5.41) is 9.35. The summed E-state index contributed by atoms with van der Waals surface area (Å²) >= 11 is 0. The Bertz CT molecular complexity index is 910. The highest BCUT2D eigenvalue weighted by atomic mass is 32.2. The predicted octanol–water partition coefficient (Wildman–Crippen LogP) is 3.35. The monoisotopic (exact) mass is 343 g/mol. The number of hydrogen-bond acceptors (Lipinski definition) is 5. The molecule has 0 aliphatic carbocycles. The summed E-state index contributed by atoms with van der Waals surface area (Å²) in [6.45, 7) is 1.80. The lowest BCUT2D eigenvalue weighted by atomic mass is 10.1. The van der Waals surface area contributed by atoms with Gasteiger partial charge in [-0.15, -0.1) is 0 Å². The quantitative estimate of drug-likeness (QED) is 0.778. The average Bonchev–Trinajstić information content (AvgIpc) is 2.60. The highest BCUT2D eigenvalue weighted by molar-refractivity contribution is 7.95. The van der Waals surface area contributed by atoms with E-state index in [4.69, 9.17) is 9.47 Å². The molecule has 5 nitrogen and oxygen atoms in total. The zero-order chi connectivity index (χ0) is 17.7. The zero-order valence-corrected chi connectivity index (χ0v) is 14.4. The SMILES string of the molecule is COc1ccc(/C=C(/C#N)S(=O)(=O)c2ccccc2)c(OC)c1C. The summed E-state index contributed by atoms with van der Waals surface area (Å²) in [7, 11) is -0.867. The van der Waals surface area contributed by atoms with Crippen LogP contribution in [0, 0.1) is 18.3 Å². The van der Waals surface area contributed by atoms with E-state index in [-0.39, 0.29) is 9.80 Å². The molecule has 0 saturated heterocycles. The first-order valence-corrected chi connectivity index (χ1v) is 8.57. The number of ether oxygens (including phenoxy) is 2. The van der Waals surface area contributed by atoms with Crippen LogP contribution in [0.4, 0.5) is 0 Å². The smallest absolute Gasteiger partial charge is 0.216 e. The minimum absolute atomic E-state index is 0.0713. The van der Waals surface area contributed by atoms with Gasteiger partial charge in [-0.3, -0.25) is 0 Å². The van der Waals surface area contributed by atoms with E-state index in [1.54, 1.807) is 43.3 Å². The Balaban J connectivity index is 2.61. The van der Waals surface area contributed by atoms with Gasteiger partial charge in [0.25, 0.3) is 0 Å². The Hall–Kier alpha value is -2.78. The Labute approximate surface area is 141 Å². The number of nitrogens with zero attached hydrogens (tertiary/aromatic N) is 1. The van der Waals surface area contributed by atoms with Gasteiger partial charge in [0.1, 0.15) is 22.5 Å². The van der Waals surface area contributed by atoms with Gasteiger partial charge in [0, 0.05) is 11.1 Å². The van der Waals surface area contributed by atoms with Crippen molar-refractivity contribution in [3.05, 3.63) is 58.5 Å². The lowest BCUT2D eigenvalue weighted by molar-refractivity contribution is 0.388. The zero-order valence-electron chi connectivity index (χ0n) is 13.6. The highest BCUT2D eigenvalue weighted by Gasteiger charge is 2.21. The van der Waals surface area contributed by atoms with E-state index in [0.29, 0.717) is 17.1 Å². The van der Waals surface area contributed by atoms with E-state index in [1.807, 2.05) is 0 Å². The molecule has 0 fully saturated rings. The normalized spacial score (nSPS) is 11.7. The van der Waals surface area contributed by atoms with Crippen molar-refractivity contribution in [1.29, 1.82) is 5.26 Å². The summed E-state index contributed by atoms with van der Waals surface area (Å²) in [5.41, 5.74) is 1.22. The second kappa shape index (κ2) is 7.20. The molecule has 2 rings (SSSR count). The molecule has 0 unspecified atom stereocenters. The fraction of sp³-hybridized carbons (Fsp3) is 0.167. The Kier molecular flexibility index (Phi) is 5.27. The van der Waals surface area contributed by atoms with Crippen LogP contribution >= 0.6 is 0 Å². The Morgan fingerprint density at radius 2 is 1.75 bits per heavy atom. The molecule has 0 N–H and O–H groups in total. The molecule has 2 aromatic rings. The molecular weight excluding hydrogens is 326 g/mol. The van der Waals surface area contributed by atoms with Crippen LogP contribution < -0.4 is 9.47 Å². The molecule has 0 amide bonds. The molecule has 24 heavy (non-hydrogen) atoms. The third-order valence-corrected chi connectivity index (χ3v) is 5.23. The fourth-order valence-electron chi connectivity index (χ4n) is 2.34. The Morgan fingerprint density at radius 3 is 2.29 bits per heavy atom. The van der Waals surface area contributed by atoms with Crippen LogP contribution in [0.5, 0.6) is 11.5 Å². The molecule has 0 aliphatic heterocycles. The molecule has 0 radical (unpaired) electrons. The molecule has 0 bridgehead atoms. The van der Waals surface area contributed by atoms with Crippen molar-refractivity contribution in [2.45, 2.75) is 11.8 Å². The van der Waals surface area contributed by atoms with Gasteiger partial charge in [0.05, 0.1) is 19.1 Å². The largest absolute Gasteiger partial charge is 0.496 e. The van der Waals surface area contributed by atoms with Crippen molar-refractivity contribution in [3.8, 4) is 17.6 Å². The third-order valence-electron chi connectivity index (χ3n) is 3.55. The molecule has 0 spiro atoms. The first-order chi connectivity index (χ1) is 11.5. The summed E-state index contributed by atoms with van der Waals surface area (Å²) in [6, 6.07) is 13.0. The summed E-state index contributed by atoms with van der Waals surface area (Å²) in [5.74, 6) is 1.08. The van der Waals surface area contributed by atoms with Crippen LogP contribution in [0.15, 0.2) is 52.3 Å². The van der Waals surface area contributed by atoms with Crippen molar-refractivity contribution < 1.29 is 17.9 Å². The van der Waals surface area contributed by atoms with Crippen molar-refractivity contribution in [3.63, 3.8) is 0 Å². The van der Waals surface area contributed by atoms with E-state index in [1.165, 1.54) is 32.4 Å². The van der Waals surface area contributed by atoms with Crippen LogP contribution in [0.25, 0.3) is 6.08 Å². The van der Waals surface area contributed by atoms with Crippen molar-refractivity contribution in [2.24, 2.45) is 0 Å². The summed E-state index contributed by atoms with van der Waals surface area (Å²) in [6.07, 6.45) is 1.31. The van der Waals surface area contributed by atoms with Gasteiger partial charge in [-0.1, -0.05) is 18.2 Å². The standard InChI is InChI=1S/C18H17NO4S/c1-13-17(22-2)10-9-14(18(13)23-3)11-16(12-19)24(20,21)15-7-5-4-6-8-15/h4-11H,1-3H3/b16-11-. The minimum Gasteiger partial charge on any atom is -0.496 e. The molecule has 124 valence electrons. The summed E-state index contributed by atoms with van der Waals surface area (Å²) < 4.78 is 35.8.